The second kappa shape index (κ2) is 8.50. The molecule has 3 rings (SSSR count). The molecular weight excluding hydrogens is 350 g/mol. The lowest BCUT2D eigenvalue weighted by molar-refractivity contribution is -0.127. The highest BCUT2D eigenvalue weighted by molar-refractivity contribution is 7.88. The van der Waals surface area contributed by atoms with Gasteiger partial charge < -0.3 is 10.6 Å². The van der Waals surface area contributed by atoms with E-state index in [4.69, 9.17) is 0 Å². The maximum absolute atomic E-state index is 12.7. The van der Waals surface area contributed by atoms with Crippen molar-refractivity contribution in [2.45, 2.75) is 38.0 Å². The molecule has 2 fully saturated rings. The Hall–Kier alpha value is -1.44. The van der Waals surface area contributed by atoms with Crippen LogP contribution in [0.15, 0.2) is 30.3 Å². The number of sulfonamides is 1. The summed E-state index contributed by atoms with van der Waals surface area (Å²) in [6.07, 6.45) is 2.52. The number of hydrogen-bond donors (Lipinski definition) is 2. The Balaban J connectivity index is 1.60. The summed E-state index contributed by atoms with van der Waals surface area (Å²) in [7, 11) is -3.41. The smallest absolute Gasteiger partial charge is 0.224 e. The van der Waals surface area contributed by atoms with Crippen LogP contribution in [0.25, 0.3) is 0 Å². The summed E-state index contributed by atoms with van der Waals surface area (Å²) in [5.74, 6) is 0.168. The quantitative estimate of drug-likeness (QED) is 0.809. The predicted molar refractivity (Wildman–Crippen MR) is 102 cm³/mol. The number of benzene rings is 1. The first kappa shape index (κ1) is 19.3. The first-order chi connectivity index (χ1) is 12.5. The fraction of sp³-hybridized carbons (Fsp3) is 0.632. The summed E-state index contributed by atoms with van der Waals surface area (Å²) < 4.78 is 27.0. The number of rotatable bonds is 5. The van der Waals surface area contributed by atoms with Crippen molar-refractivity contribution in [3.05, 3.63) is 35.9 Å². The van der Waals surface area contributed by atoms with E-state index in [1.165, 1.54) is 4.31 Å². The minimum absolute atomic E-state index is 0.00818. The molecule has 0 aromatic heterocycles. The maximum Gasteiger partial charge on any atom is 0.224 e. The van der Waals surface area contributed by atoms with Gasteiger partial charge >= 0.3 is 0 Å². The van der Waals surface area contributed by atoms with E-state index in [0.29, 0.717) is 12.5 Å². The van der Waals surface area contributed by atoms with Crippen molar-refractivity contribution in [3.8, 4) is 0 Å². The molecule has 0 aliphatic carbocycles. The van der Waals surface area contributed by atoms with Gasteiger partial charge in [0.05, 0.1) is 11.7 Å². The Kier molecular flexibility index (Phi) is 6.32. The number of hydrogen-bond acceptors (Lipinski definition) is 4. The molecule has 7 heteroatoms. The van der Waals surface area contributed by atoms with Gasteiger partial charge in [0.1, 0.15) is 0 Å². The van der Waals surface area contributed by atoms with Gasteiger partial charge in [-0.15, -0.1) is 0 Å². The van der Waals surface area contributed by atoms with Crippen molar-refractivity contribution in [1.29, 1.82) is 0 Å². The number of piperidine rings is 2. The molecule has 0 radical (unpaired) electrons. The number of carbonyl (C=O) groups excluding carboxylic acids is 1. The summed E-state index contributed by atoms with van der Waals surface area (Å²) in [6, 6.07) is 9.34. The zero-order valence-corrected chi connectivity index (χ0v) is 16.2. The average Bonchev–Trinajstić information content (AvgIpc) is 2.64. The number of carbonyl (C=O) groups is 1. The first-order valence-electron chi connectivity index (χ1n) is 9.48. The zero-order valence-electron chi connectivity index (χ0n) is 15.4. The van der Waals surface area contributed by atoms with E-state index in [1.54, 1.807) is 0 Å². The molecule has 2 saturated heterocycles. The van der Waals surface area contributed by atoms with Gasteiger partial charge in [-0.1, -0.05) is 37.3 Å². The van der Waals surface area contributed by atoms with Gasteiger partial charge in [0, 0.05) is 25.7 Å². The third kappa shape index (κ3) is 4.84. The van der Waals surface area contributed by atoms with Crippen molar-refractivity contribution in [1.82, 2.24) is 14.9 Å². The van der Waals surface area contributed by atoms with E-state index in [-0.39, 0.29) is 30.2 Å². The van der Waals surface area contributed by atoms with Gasteiger partial charge in [-0.3, -0.25) is 4.79 Å². The van der Waals surface area contributed by atoms with E-state index in [2.05, 4.69) is 17.6 Å². The predicted octanol–water partition coefficient (Wildman–Crippen LogP) is 1.34. The molecule has 3 unspecified atom stereocenters. The third-order valence-corrected chi connectivity index (χ3v) is 7.31. The highest BCUT2D eigenvalue weighted by Crippen LogP contribution is 2.22. The lowest BCUT2D eigenvalue weighted by Gasteiger charge is -2.34. The lowest BCUT2D eigenvalue weighted by Crippen LogP contribution is -2.53. The van der Waals surface area contributed by atoms with Gasteiger partial charge in [-0.2, -0.15) is 0 Å². The standard InChI is InChI=1S/C19H29N3O3S/c1-15-9-10-20-12-18(15)21-19(23)17-8-5-11-22(13-17)26(24,25)14-16-6-3-2-4-7-16/h2-4,6-7,15,17-18,20H,5,8-14H2,1H3,(H,21,23). The molecule has 0 bridgehead atoms. The van der Waals surface area contributed by atoms with Crippen LogP contribution in [0.1, 0.15) is 31.7 Å². The number of nitrogens with one attached hydrogen (secondary N) is 2. The van der Waals surface area contributed by atoms with E-state index >= 15 is 0 Å². The van der Waals surface area contributed by atoms with Crippen LogP contribution in [-0.4, -0.2) is 50.9 Å². The van der Waals surface area contributed by atoms with Gasteiger partial charge in [0.25, 0.3) is 0 Å². The van der Waals surface area contributed by atoms with Crippen LogP contribution in [0.4, 0.5) is 0 Å². The summed E-state index contributed by atoms with van der Waals surface area (Å²) in [4.78, 5) is 12.7. The van der Waals surface area contributed by atoms with Gasteiger partial charge in [0.2, 0.25) is 15.9 Å². The highest BCUT2D eigenvalue weighted by atomic mass is 32.2. The van der Waals surface area contributed by atoms with Crippen LogP contribution < -0.4 is 10.6 Å². The molecule has 144 valence electrons. The van der Waals surface area contributed by atoms with Crippen molar-refractivity contribution >= 4 is 15.9 Å². The fourth-order valence-corrected chi connectivity index (χ4v) is 5.38. The van der Waals surface area contributed by atoms with Gasteiger partial charge in [-0.25, -0.2) is 12.7 Å². The monoisotopic (exact) mass is 379 g/mol. The Bertz CT molecular complexity index is 708. The summed E-state index contributed by atoms with van der Waals surface area (Å²) in [5, 5.41) is 6.45. The molecule has 6 nitrogen and oxygen atoms in total. The second-order valence-electron chi connectivity index (χ2n) is 7.52. The largest absolute Gasteiger partial charge is 0.352 e. The highest BCUT2D eigenvalue weighted by Gasteiger charge is 2.34. The number of amides is 1. The minimum Gasteiger partial charge on any atom is -0.352 e. The first-order valence-corrected chi connectivity index (χ1v) is 11.1. The number of nitrogens with zero attached hydrogens (tertiary/aromatic N) is 1. The van der Waals surface area contributed by atoms with Crippen molar-refractivity contribution < 1.29 is 13.2 Å². The molecule has 2 aliphatic heterocycles. The Morgan fingerprint density at radius 3 is 2.77 bits per heavy atom. The van der Waals surface area contributed by atoms with Crippen molar-refractivity contribution in [3.63, 3.8) is 0 Å². The molecule has 2 heterocycles. The van der Waals surface area contributed by atoms with E-state index in [0.717, 1.165) is 37.9 Å². The maximum atomic E-state index is 12.7. The molecule has 1 aromatic rings. The molecule has 0 saturated carbocycles. The molecule has 0 spiro atoms. The van der Waals surface area contributed by atoms with Crippen LogP contribution >= 0.6 is 0 Å². The van der Waals surface area contributed by atoms with Crippen LogP contribution in [0.3, 0.4) is 0 Å². The second-order valence-corrected chi connectivity index (χ2v) is 9.49. The van der Waals surface area contributed by atoms with Crippen LogP contribution in [0, 0.1) is 11.8 Å². The van der Waals surface area contributed by atoms with Crippen LogP contribution in [-0.2, 0) is 20.6 Å². The van der Waals surface area contributed by atoms with E-state index in [9.17, 15) is 13.2 Å². The van der Waals surface area contributed by atoms with Gasteiger partial charge in [0.15, 0.2) is 0 Å². The van der Waals surface area contributed by atoms with Gasteiger partial charge in [-0.05, 0) is 37.3 Å². The molecule has 2 N–H and O–H groups in total. The molecule has 1 amide bonds. The Morgan fingerprint density at radius 1 is 1.27 bits per heavy atom. The fourth-order valence-electron chi connectivity index (χ4n) is 3.77. The average molecular weight is 380 g/mol. The van der Waals surface area contributed by atoms with Crippen molar-refractivity contribution in [2.24, 2.45) is 11.8 Å². The Labute approximate surface area is 156 Å². The zero-order chi connectivity index (χ0) is 18.6. The topological polar surface area (TPSA) is 78.5 Å². The molecule has 2 aliphatic rings. The van der Waals surface area contributed by atoms with Crippen LogP contribution in [0.2, 0.25) is 0 Å². The van der Waals surface area contributed by atoms with Crippen molar-refractivity contribution in [2.75, 3.05) is 26.2 Å². The summed E-state index contributed by atoms with van der Waals surface area (Å²) >= 11 is 0. The van der Waals surface area contributed by atoms with E-state index in [1.807, 2.05) is 30.3 Å². The molecule has 26 heavy (non-hydrogen) atoms. The lowest BCUT2D eigenvalue weighted by atomic mass is 9.93. The SMILES string of the molecule is CC1CCNCC1NC(=O)C1CCCN(S(=O)(=O)Cc2ccccc2)C1. The molecule has 1 aromatic carbocycles. The molecular formula is C19H29N3O3S. The Morgan fingerprint density at radius 2 is 2.04 bits per heavy atom. The normalized spacial score (nSPS) is 27.8. The summed E-state index contributed by atoms with van der Waals surface area (Å²) in [5.41, 5.74) is 0.779. The third-order valence-electron chi connectivity index (χ3n) is 5.50. The minimum atomic E-state index is -3.41. The summed E-state index contributed by atoms with van der Waals surface area (Å²) in [6.45, 7) is 4.72. The van der Waals surface area contributed by atoms with Crippen LogP contribution in [0.5, 0.6) is 0 Å². The van der Waals surface area contributed by atoms with E-state index < -0.39 is 10.0 Å². The molecule has 3 atom stereocenters.